The summed E-state index contributed by atoms with van der Waals surface area (Å²) in [4.78, 5) is 0. The molecule has 17 heavy (non-hydrogen) atoms. The quantitative estimate of drug-likeness (QED) is 0.660. The highest BCUT2D eigenvalue weighted by molar-refractivity contribution is 6.30. The van der Waals surface area contributed by atoms with Crippen LogP contribution in [-0.4, -0.2) is 0 Å². The minimum atomic E-state index is 0.550. The van der Waals surface area contributed by atoms with Gasteiger partial charge in [-0.15, -0.1) is 0 Å². The van der Waals surface area contributed by atoms with Crippen molar-refractivity contribution in [2.45, 2.75) is 26.7 Å². The Morgan fingerprint density at radius 2 is 1.65 bits per heavy atom. The molecule has 0 amide bonds. The van der Waals surface area contributed by atoms with Gasteiger partial charge >= 0.3 is 0 Å². The van der Waals surface area contributed by atoms with Crippen molar-refractivity contribution in [1.82, 2.24) is 0 Å². The molecule has 0 aliphatic rings. The van der Waals surface area contributed by atoms with E-state index in [-0.39, 0.29) is 0 Å². The van der Waals surface area contributed by atoms with Crippen LogP contribution in [0.1, 0.15) is 30.9 Å². The molecule has 2 rings (SSSR count). The Labute approximate surface area is 108 Å². The Hall–Kier alpha value is -1.27. The van der Waals surface area contributed by atoms with E-state index in [1.54, 1.807) is 0 Å². The molecule has 0 saturated heterocycles. The van der Waals surface area contributed by atoms with E-state index in [0.717, 1.165) is 5.02 Å². The lowest BCUT2D eigenvalue weighted by Gasteiger charge is -2.12. The maximum Gasteiger partial charge on any atom is 0.0412 e. The first-order valence-electron chi connectivity index (χ1n) is 5.94. The van der Waals surface area contributed by atoms with Crippen LogP contribution in [-0.2, 0) is 0 Å². The molecule has 88 valence electrons. The summed E-state index contributed by atoms with van der Waals surface area (Å²) in [6.45, 7) is 6.62. The van der Waals surface area contributed by atoms with Gasteiger partial charge in [0.05, 0.1) is 0 Å². The topological polar surface area (TPSA) is 0 Å². The van der Waals surface area contributed by atoms with Crippen molar-refractivity contribution < 1.29 is 0 Å². The Balaban J connectivity index is 2.50. The molecular formula is C16H17Cl. The summed E-state index contributed by atoms with van der Waals surface area (Å²) in [6, 6.07) is 14.6. The van der Waals surface area contributed by atoms with Gasteiger partial charge < -0.3 is 0 Å². The largest absolute Gasteiger partial charge is 0.0843 e. The molecular weight excluding hydrogens is 228 g/mol. The monoisotopic (exact) mass is 244 g/mol. The normalized spacial score (nSPS) is 10.9. The molecule has 2 aromatic carbocycles. The molecule has 2 aromatic rings. The van der Waals surface area contributed by atoms with E-state index < -0.39 is 0 Å². The lowest BCUT2D eigenvalue weighted by atomic mass is 9.93. The zero-order chi connectivity index (χ0) is 12.4. The van der Waals surface area contributed by atoms with Gasteiger partial charge in [-0.3, -0.25) is 0 Å². The van der Waals surface area contributed by atoms with Crippen molar-refractivity contribution in [2.75, 3.05) is 0 Å². The molecule has 0 fully saturated rings. The lowest BCUT2D eigenvalue weighted by Crippen LogP contribution is -1.92. The van der Waals surface area contributed by atoms with Gasteiger partial charge in [-0.2, -0.15) is 0 Å². The SMILES string of the molecule is Cc1ccc(-c2cccc(Cl)c2)cc1C(C)C. The summed E-state index contributed by atoms with van der Waals surface area (Å²) in [6.07, 6.45) is 0. The second kappa shape index (κ2) is 4.93. The Morgan fingerprint density at radius 1 is 0.941 bits per heavy atom. The molecule has 0 heterocycles. The fourth-order valence-corrected chi connectivity index (χ4v) is 2.30. The zero-order valence-corrected chi connectivity index (χ0v) is 11.3. The Kier molecular flexibility index (Phi) is 3.54. The highest BCUT2D eigenvalue weighted by atomic mass is 35.5. The summed E-state index contributed by atoms with van der Waals surface area (Å²) in [5.41, 5.74) is 5.18. The first kappa shape index (κ1) is 12.2. The molecule has 1 heteroatoms. The van der Waals surface area contributed by atoms with Crippen molar-refractivity contribution in [3.8, 4) is 11.1 Å². The third kappa shape index (κ3) is 2.70. The van der Waals surface area contributed by atoms with E-state index in [1.165, 1.54) is 22.3 Å². The molecule has 0 unspecified atom stereocenters. The summed E-state index contributed by atoms with van der Waals surface area (Å²) < 4.78 is 0. The summed E-state index contributed by atoms with van der Waals surface area (Å²) in [7, 11) is 0. The number of benzene rings is 2. The fraction of sp³-hybridized carbons (Fsp3) is 0.250. The van der Waals surface area contributed by atoms with Crippen molar-refractivity contribution >= 4 is 11.6 Å². The smallest absolute Gasteiger partial charge is 0.0412 e. The van der Waals surface area contributed by atoms with Gasteiger partial charge in [0, 0.05) is 5.02 Å². The van der Waals surface area contributed by atoms with Crippen LogP contribution < -0.4 is 0 Å². The van der Waals surface area contributed by atoms with Crippen molar-refractivity contribution in [3.63, 3.8) is 0 Å². The minimum absolute atomic E-state index is 0.550. The van der Waals surface area contributed by atoms with Gasteiger partial charge in [0.2, 0.25) is 0 Å². The predicted molar refractivity (Wildman–Crippen MR) is 75.7 cm³/mol. The van der Waals surface area contributed by atoms with Crippen molar-refractivity contribution in [2.24, 2.45) is 0 Å². The van der Waals surface area contributed by atoms with Crippen LogP contribution in [0.3, 0.4) is 0 Å². The average molecular weight is 245 g/mol. The lowest BCUT2D eigenvalue weighted by molar-refractivity contribution is 0.857. The number of rotatable bonds is 2. The second-order valence-corrected chi connectivity index (χ2v) is 5.17. The molecule has 0 spiro atoms. The number of halogens is 1. The van der Waals surface area contributed by atoms with Crippen LogP contribution in [0.5, 0.6) is 0 Å². The van der Waals surface area contributed by atoms with E-state index in [9.17, 15) is 0 Å². The molecule has 0 bridgehead atoms. The predicted octanol–water partition coefficient (Wildman–Crippen LogP) is 5.44. The van der Waals surface area contributed by atoms with Crippen LogP contribution in [0.15, 0.2) is 42.5 Å². The van der Waals surface area contributed by atoms with Gasteiger partial charge in [-0.05, 0) is 47.2 Å². The minimum Gasteiger partial charge on any atom is -0.0843 e. The molecule has 0 aromatic heterocycles. The Morgan fingerprint density at radius 3 is 2.29 bits per heavy atom. The van der Waals surface area contributed by atoms with Crippen LogP contribution in [0.2, 0.25) is 5.02 Å². The van der Waals surface area contributed by atoms with Crippen LogP contribution >= 0.6 is 11.6 Å². The summed E-state index contributed by atoms with van der Waals surface area (Å²) in [5.74, 6) is 0.550. The van der Waals surface area contributed by atoms with Gasteiger partial charge in [-0.1, -0.05) is 55.8 Å². The van der Waals surface area contributed by atoms with E-state index in [2.05, 4.69) is 45.0 Å². The van der Waals surface area contributed by atoms with E-state index in [4.69, 9.17) is 11.6 Å². The fourth-order valence-electron chi connectivity index (χ4n) is 2.11. The van der Waals surface area contributed by atoms with Gasteiger partial charge in [0.15, 0.2) is 0 Å². The molecule has 0 aliphatic heterocycles. The molecule has 0 N–H and O–H groups in total. The van der Waals surface area contributed by atoms with E-state index in [1.807, 2.05) is 18.2 Å². The third-order valence-electron chi connectivity index (χ3n) is 3.06. The van der Waals surface area contributed by atoms with E-state index in [0.29, 0.717) is 5.92 Å². The summed E-state index contributed by atoms with van der Waals surface area (Å²) >= 11 is 6.03. The second-order valence-electron chi connectivity index (χ2n) is 4.74. The standard InChI is InChI=1S/C16H17Cl/c1-11(2)16-10-14(8-7-12(16)3)13-5-4-6-15(17)9-13/h4-11H,1-3H3. The number of hydrogen-bond donors (Lipinski definition) is 0. The van der Waals surface area contributed by atoms with Crippen molar-refractivity contribution in [3.05, 3.63) is 58.6 Å². The number of aryl methyl sites for hydroxylation is 1. The maximum absolute atomic E-state index is 6.03. The molecule has 0 atom stereocenters. The maximum atomic E-state index is 6.03. The first-order valence-corrected chi connectivity index (χ1v) is 6.32. The van der Waals surface area contributed by atoms with Crippen LogP contribution in [0, 0.1) is 6.92 Å². The molecule has 0 aliphatic carbocycles. The van der Waals surface area contributed by atoms with E-state index >= 15 is 0 Å². The highest BCUT2D eigenvalue weighted by Gasteiger charge is 2.06. The van der Waals surface area contributed by atoms with Crippen LogP contribution in [0.25, 0.3) is 11.1 Å². The molecule has 0 radical (unpaired) electrons. The highest BCUT2D eigenvalue weighted by Crippen LogP contribution is 2.28. The molecule has 0 saturated carbocycles. The summed E-state index contributed by atoms with van der Waals surface area (Å²) in [5, 5.41) is 0.786. The van der Waals surface area contributed by atoms with Gasteiger partial charge in [0.1, 0.15) is 0 Å². The Bertz CT molecular complexity index is 527. The zero-order valence-electron chi connectivity index (χ0n) is 10.5. The third-order valence-corrected chi connectivity index (χ3v) is 3.29. The number of hydrogen-bond acceptors (Lipinski definition) is 0. The first-order chi connectivity index (χ1) is 8.08. The average Bonchev–Trinajstić information content (AvgIpc) is 2.29. The molecule has 0 nitrogen and oxygen atoms in total. The van der Waals surface area contributed by atoms with Gasteiger partial charge in [0.25, 0.3) is 0 Å². The van der Waals surface area contributed by atoms with Gasteiger partial charge in [-0.25, -0.2) is 0 Å². The van der Waals surface area contributed by atoms with Crippen molar-refractivity contribution in [1.29, 1.82) is 0 Å². The van der Waals surface area contributed by atoms with Crippen LogP contribution in [0.4, 0.5) is 0 Å².